The molecule has 0 spiro atoms. The molecule has 0 amide bonds. The summed E-state index contributed by atoms with van der Waals surface area (Å²) in [6.07, 6.45) is 0.664. The van der Waals surface area contributed by atoms with Gasteiger partial charge in [-0.25, -0.2) is 0 Å². The van der Waals surface area contributed by atoms with Gasteiger partial charge in [-0.15, -0.1) is 0 Å². The van der Waals surface area contributed by atoms with Gasteiger partial charge in [0.1, 0.15) is 0 Å². The third-order valence-corrected chi connectivity index (χ3v) is 4.41. The number of hydrogen-bond donors (Lipinski definition) is 4. The first kappa shape index (κ1) is 20.9. The molecule has 0 fully saturated rings. The van der Waals surface area contributed by atoms with Gasteiger partial charge in [-0.1, -0.05) is 35.3 Å². The van der Waals surface area contributed by atoms with Crippen molar-refractivity contribution in [2.24, 2.45) is 0 Å². The quantitative estimate of drug-likeness (QED) is 0.464. The minimum atomic E-state index is -0.868. The second-order valence-electron chi connectivity index (χ2n) is 5.95. The highest BCUT2D eigenvalue weighted by Gasteiger charge is 2.07. The molecule has 8 heteroatoms. The summed E-state index contributed by atoms with van der Waals surface area (Å²) in [5.41, 5.74) is 3.37. The number of benzene rings is 2. The summed E-state index contributed by atoms with van der Waals surface area (Å²) in [5, 5.41) is 24.4. The van der Waals surface area contributed by atoms with Gasteiger partial charge < -0.3 is 20.8 Å². The van der Waals surface area contributed by atoms with E-state index in [4.69, 9.17) is 33.4 Å². The Labute approximate surface area is 167 Å². The van der Waals surface area contributed by atoms with E-state index in [1.807, 2.05) is 36.4 Å². The fraction of sp³-hybridized carbons (Fsp3) is 0.263. The maximum atomic E-state index is 10.6. The second-order valence-corrected chi connectivity index (χ2v) is 6.76. The molecule has 0 aliphatic heterocycles. The van der Waals surface area contributed by atoms with E-state index >= 15 is 0 Å². The van der Waals surface area contributed by atoms with Crippen molar-refractivity contribution in [1.82, 2.24) is 0 Å². The molecule has 4 N–H and O–H groups in total. The lowest BCUT2D eigenvalue weighted by molar-refractivity contribution is -0.137. The molecular weight excluding hydrogens is 391 g/mol. The van der Waals surface area contributed by atoms with Crippen LogP contribution in [0, 0.1) is 0 Å². The molecule has 6 nitrogen and oxygen atoms in total. The summed E-state index contributed by atoms with van der Waals surface area (Å²) in [6, 6.07) is 11.1. The first-order chi connectivity index (χ1) is 12.8. The van der Waals surface area contributed by atoms with Gasteiger partial charge in [0.25, 0.3) is 0 Å². The van der Waals surface area contributed by atoms with E-state index in [0.717, 1.165) is 11.1 Å². The largest absolute Gasteiger partial charge is 0.481 e. The lowest BCUT2D eigenvalue weighted by Gasteiger charge is -2.11. The van der Waals surface area contributed by atoms with Crippen LogP contribution in [0.4, 0.5) is 11.4 Å². The number of hydrogen-bond acceptors (Lipinski definition) is 4. The van der Waals surface area contributed by atoms with E-state index in [9.17, 15) is 9.59 Å². The zero-order valence-electron chi connectivity index (χ0n) is 14.5. The van der Waals surface area contributed by atoms with E-state index in [0.29, 0.717) is 40.9 Å². The number of carboxylic acid groups (broad SMARTS) is 2. The molecular formula is C19H20Cl2N2O4. The van der Waals surface area contributed by atoms with Crippen molar-refractivity contribution >= 4 is 46.5 Å². The Balaban J connectivity index is 1.98. The van der Waals surface area contributed by atoms with Gasteiger partial charge in [0.15, 0.2) is 0 Å². The van der Waals surface area contributed by atoms with Crippen LogP contribution in [0.5, 0.6) is 0 Å². The average Bonchev–Trinajstić information content (AvgIpc) is 2.58. The van der Waals surface area contributed by atoms with Gasteiger partial charge in [0.05, 0.1) is 34.3 Å². The predicted molar refractivity (Wildman–Crippen MR) is 107 cm³/mol. The topological polar surface area (TPSA) is 98.7 Å². The van der Waals surface area contributed by atoms with Crippen molar-refractivity contribution in [2.75, 3.05) is 23.7 Å². The van der Waals surface area contributed by atoms with Crippen molar-refractivity contribution in [2.45, 2.75) is 19.3 Å². The maximum absolute atomic E-state index is 10.6. The first-order valence-corrected chi connectivity index (χ1v) is 9.09. The van der Waals surface area contributed by atoms with Crippen molar-refractivity contribution in [3.63, 3.8) is 0 Å². The zero-order valence-corrected chi connectivity index (χ0v) is 16.0. The Kier molecular flexibility index (Phi) is 7.76. The molecule has 0 saturated carbocycles. The molecule has 0 heterocycles. The Hall–Kier alpha value is -2.44. The minimum Gasteiger partial charge on any atom is -0.481 e. The molecule has 27 heavy (non-hydrogen) atoms. The summed E-state index contributed by atoms with van der Waals surface area (Å²) in [5.74, 6) is -1.74. The van der Waals surface area contributed by atoms with Gasteiger partial charge in [-0.05, 0) is 41.8 Å². The summed E-state index contributed by atoms with van der Waals surface area (Å²) in [7, 11) is 0. The predicted octanol–water partition coefficient (Wildman–Crippen LogP) is 4.36. The normalized spacial score (nSPS) is 10.4. The second kappa shape index (κ2) is 10.0. The highest BCUT2D eigenvalue weighted by atomic mass is 35.5. The van der Waals surface area contributed by atoms with Crippen LogP contribution in [-0.2, 0) is 16.0 Å². The van der Waals surface area contributed by atoms with Crippen LogP contribution < -0.4 is 10.6 Å². The fourth-order valence-electron chi connectivity index (χ4n) is 2.47. The molecule has 0 atom stereocenters. The van der Waals surface area contributed by atoms with Gasteiger partial charge in [0.2, 0.25) is 0 Å². The van der Waals surface area contributed by atoms with E-state index in [2.05, 4.69) is 10.6 Å². The lowest BCUT2D eigenvalue weighted by Crippen LogP contribution is -2.08. The molecule has 144 valence electrons. The van der Waals surface area contributed by atoms with Crippen molar-refractivity contribution in [3.8, 4) is 0 Å². The third-order valence-electron chi connectivity index (χ3n) is 3.78. The highest BCUT2D eigenvalue weighted by Crippen LogP contribution is 2.27. The number of rotatable bonds is 10. The molecule has 0 aliphatic rings. The molecule has 0 aromatic heterocycles. The van der Waals surface area contributed by atoms with Crippen molar-refractivity contribution < 1.29 is 19.8 Å². The van der Waals surface area contributed by atoms with Gasteiger partial charge in [-0.3, -0.25) is 9.59 Å². The number of halogens is 2. The van der Waals surface area contributed by atoms with Crippen LogP contribution in [0.3, 0.4) is 0 Å². The molecule has 0 unspecified atom stereocenters. The molecule has 0 aliphatic carbocycles. The third kappa shape index (κ3) is 7.00. The summed E-state index contributed by atoms with van der Waals surface area (Å²) < 4.78 is 0. The van der Waals surface area contributed by atoms with Gasteiger partial charge in [0, 0.05) is 13.1 Å². The zero-order chi connectivity index (χ0) is 19.8. The molecule has 0 radical (unpaired) electrons. The van der Waals surface area contributed by atoms with Crippen LogP contribution in [0.2, 0.25) is 10.0 Å². The SMILES string of the molecule is O=C(O)CCNc1ccc(Cc2ccc(NCCC(=O)O)c(Cl)c2)cc1Cl. The standard InChI is InChI=1S/C19H20Cl2N2O4/c20-14-10-12(1-3-16(14)22-7-5-18(24)25)9-13-2-4-17(15(21)11-13)23-8-6-19(26)27/h1-4,10-11,22-23H,5-9H2,(H,24,25)(H,26,27). The molecule has 0 bridgehead atoms. The minimum absolute atomic E-state index is 0.0173. The van der Waals surface area contributed by atoms with Crippen LogP contribution in [-0.4, -0.2) is 35.2 Å². The van der Waals surface area contributed by atoms with Gasteiger partial charge in [-0.2, -0.15) is 0 Å². The average molecular weight is 411 g/mol. The summed E-state index contributed by atoms with van der Waals surface area (Å²) in [6.45, 7) is 0.612. The van der Waals surface area contributed by atoms with E-state index < -0.39 is 11.9 Å². The maximum Gasteiger partial charge on any atom is 0.305 e. The van der Waals surface area contributed by atoms with Crippen LogP contribution in [0.15, 0.2) is 36.4 Å². The first-order valence-electron chi connectivity index (χ1n) is 8.33. The fourth-order valence-corrected chi connectivity index (χ4v) is 3.01. The van der Waals surface area contributed by atoms with E-state index in [1.54, 1.807) is 0 Å². The Morgan fingerprint density at radius 1 is 0.778 bits per heavy atom. The van der Waals surface area contributed by atoms with Crippen LogP contribution in [0.1, 0.15) is 24.0 Å². The van der Waals surface area contributed by atoms with E-state index in [1.165, 1.54) is 0 Å². The Bertz CT molecular complexity index is 760. The summed E-state index contributed by atoms with van der Waals surface area (Å²) in [4.78, 5) is 21.1. The lowest BCUT2D eigenvalue weighted by atomic mass is 10.0. The van der Waals surface area contributed by atoms with Crippen molar-refractivity contribution in [1.29, 1.82) is 0 Å². The highest BCUT2D eigenvalue weighted by molar-refractivity contribution is 6.33. The van der Waals surface area contributed by atoms with Crippen LogP contribution in [0.25, 0.3) is 0 Å². The Morgan fingerprint density at radius 2 is 1.19 bits per heavy atom. The van der Waals surface area contributed by atoms with E-state index in [-0.39, 0.29) is 12.8 Å². The van der Waals surface area contributed by atoms with Crippen LogP contribution >= 0.6 is 23.2 Å². The molecule has 2 aromatic rings. The van der Waals surface area contributed by atoms with Gasteiger partial charge >= 0.3 is 11.9 Å². The Morgan fingerprint density at radius 3 is 1.52 bits per heavy atom. The monoisotopic (exact) mass is 410 g/mol. The molecule has 2 aromatic carbocycles. The number of carboxylic acids is 2. The smallest absolute Gasteiger partial charge is 0.305 e. The number of anilines is 2. The number of nitrogens with one attached hydrogen (secondary N) is 2. The molecule has 2 rings (SSSR count). The summed E-state index contributed by atoms with van der Waals surface area (Å²) >= 11 is 12.5. The number of carbonyl (C=O) groups is 2. The van der Waals surface area contributed by atoms with Crippen molar-refractivity contribution in [3.05, 3.63) is 57.6 Å². The number of aliphatic carboxylic acids is 2. The molecule has 0 saturated heterocycles.